The van der Waals surface area contributed by atoms with Gasteiger partial charge in [0.15, 0.2) is 0 Å². The van der Waals surface area contributed by atoms with E-state index in [4.69, 9.17) is 10.5 Å². The number of likely N-dealkylation sites (tertiary alicyclic amines) is 1. The largest absolute Gasteiger partial charge is 0.461 e. The van der Waals surface area contributed by atoms with Crippen LogP contribution in [0.4, 0.5) is 5.69 Å². The molecule has 2 fully saturated rings. The lowest BCUT2D eigenvalue weighted by atomic mass is 9.78. The van der Waals surface area contributed by atoms with Gasteiger partial charge in [-0.25, -0.2) is 0 Å². The van der Waals surface area contributed by atoms with Gasteiger partial charge in [0.05, 0.1) is 5.92 Å². The number of hydrogen-bond donors (Lipinski definition) is 1. The summed E-state index contributed by atoms with van der Waals surface area (Å²) in [6.07, 6.45) is 4.26. The number of carbonyl (C=O) groups is 1. The van der Waals surface area contributed by atoms with Crippen LogP contribution in [-0.2, 0) is 16.1 Å². The number of anilines is 1. The number of piperidine rings is 1. The van der Waals surface area contributed by atoms with Crippen LogP contribution in [0.1, 0.15) is 42.7 Å². The van der Waals surface area contributed by atoms with E-state index in [-0.39, 0.29) is 11.9 Å². The van der Waals surface area contributed by atoms with Crippen LogP contribution in [0.3, 0.4) is 0 Å². The van der Waals surface area contributed by atoms with Gasteiger partial charge in [0.1, 0.15) is 6.61 Å². The Morgan fingerprint density at radius 2 is 1.67 bits per heavy atom. The first-order chi connectivity index (χ1) is 13.2. The number of nitrogen functional groups attached to an aromatic ring is 1. The molecule has 0 atom stereocenters. The molecule has 4 heteroatoms. The molecule has 2 aliphatic rings. The zero-order chi connectivity index (χ0) is 18.6. The molecular formula is C23H28N2O2. The monoisotopic (exact) mass is 364 g/mol. The predicted octanol–water partition coefficient (Wildman–Crippen LogP) is 3.97. The maximum atomic E-state index is 12.2. The molecule has 27 heavy (non-hydrogen) atoms. The third-order valence-electron chi connectivity index (χ3n) is 6.12. The standard InChI is InChI=1S/C23H28N2O2/c24-21-8-6-18(7-9-21)19-10-12-25(13-11-19)22-14-20(15-22)23(26)27-16-17-4-2-1-3-5-17/h1-9,19-20,22H,10-16,24H2/t20-,22+. The lowest BCUT2D eigenvalue weighted by Crippen LogP contribution is -2.50. The van der Waals surface area contributed by atoms with Crippen LogP contribution in [0, 0.1) is 5.92 Å². The Morgan fingerprint density at radius 1 is 1.00 bits per heavy atom. The van der Waals surface area contributed by atoms with E-state index >= 15 is 0 Å². The number of carbonyl (C=O) groups excluding carboxylic acids is 1. The summed E-state index contributed by atoms with van der Waals surface area (Å²) < 4.78 is 5.48. The van der Waals surface area contributed by atoms with E-state index in [0.29, 0.717) is 18.6 Å². The maximum Gasteiger partial charge on any atom is 0.309 e. The fourth-order valence-electron chi connectivity index (χ4n) is 4.29. The SMILES string of the molecule is Nc1ccc(C2CCN([C@H]3C[C@@H](C(=O)OCc4ccccc4)C3)CC2)cc1. The molecule has 1 saturated heterocycles. The number of hydrogen-bond acceptors (Lipinski definition) is 4. The highest BCUT2D eigenvalue weighted by Crippen LogP contribution is 2.37. The summed E-state index contributed by atoms with van der Waals surface area (Å²) in [6, 6.07) is 18.8. The van der Waals surface area contributed by atoms with Crippen LogP contribution in [0.5, 0.6) is 0 Å². The van der Waals surface area contributed by atoms with E-state index in [1.807, 2.05) is 42.5 Å². The quantitative estimate of drug-likeness (QED) is 0.644. The summed E-state index contributed by atoms with van der Waals surface area (Å²) in [5, 5.41) is 0. The zero-order valence-electron chi connectivity index (χ0n) is 15.7. The van der Waals surface area contributed by atoms with Gasteiger partial charge < -0.3 is 15.4 Å². The first-order valence-electron chi connectivity index (χ1n) is 9.99. The van der Waals surface area contributed by atoms with E-state index < -0.39 is 0 Å². The first kappa shape index (κ1) is 18.1. The molecule has 1 aliphatic heterocycles. The minimum atomic E-state index is -0.0353. The van der Waals surface area contributed by atoms with Gasteiger partial charge in [-0.1, -0.05) is 42.5 Å². The fourth-order valence-corrected chi connectivity index (χ4v) is 4.29. The zero-order valence-corrected chi connectivity index (χ0v) is 15.7. The summed E-state index contributed by atoms with van der Waals surface area (Å²) in [5.74, 6) is 0.675. The van der Waals surface area contributed by atoms with E-state index in [2.05, 4.69) is 17.0 Å². The average molecular weight is 364 g/mol. The molecule has 4 nitrogen and oxygen atoms in total. The molecule has 0 spiro atoms. The van der Waals surface area contributed by atoms with Crippen molar-refractivity contribution in [3.8, 4) is 0 Å². The van der Waals surface area contributed by atoms with Crippen molar-refractivity contribution in [3.63, 3.8) is 0 Å². The molecule has 2 aromatic rings. The molecule has 4 rings (SSSR count). The van der Waals surface area contributed by atoms with Gasteiger partial charge in [-0.15, -0.1) is 0 Å². The van der Waals surface area contributed by atoms with Crippen LogP contribution in [0.25, 0.3) is 0 Å². The van der Waals surface area contributed by atoms with Gasteiger partial charge in [0.2, 0.25) is 0 Å². The number of esters is 1. The number of rotatable bonds is 5. The van der Waals surface area contributed by atoms with Crippen molar-refractivity contribution in [2.24, 2.45) is 5.92 Å². The highest BCUT2D eigenvalue weighted by molar-refractivity contribution is 5.73. The topological polar surface area (TPSA) is 55.6 Å². The van der Waals surface area contributed by atoms with Crippen LogP contribution in [0.15, 0.2) is 54.6 Å². The smallest absolute Gasteiger partial charge is 0.309 e. The third-order valence-corrected chi connectivity index (χ3v) is 6.12. The molecule has 0 amide bonds. The van der Waals surface area contributed by atoms with E-state index in [1.54, 1.807) is 0 Å². The highest BCUT2D eigenvalue weighted by atomic mass is 16.5. The maximum absolute atomic E-state index is 12.2. The molecule has 1 aliphatic carbocycles. The van der Waals surface area contributed by atoms with E-state index in [9.17, 15) is 4.79 Å². The molecule has 1 saturated carbocycles. The number of nitrogens with two attached hydrogens (primary N) is 1. The minimum absolute atomic E-state index is 0.0353. The van der Waals surface area contributed by atoms with Gasteiger partial charge in [-0.05, 0) is 68.0 Å². The highest BCUT2D eigenvalue weighted by Gasteiger charge is 2.39. The first-order valence-corrected chi connectivity index (χ1v) is 9.99. The van der Waals surface area contributed by atoms with Crippen molar-refractivity contribution in [2.45, 2.75) is 44.2 Å². The second-order valence-corrected chi connectivity index (χ2v) is 7.89. The Hall–Kier alpha value is -2.33. The van der Waals surface area contributed by atoms with Crippen LogP contribution >= 0.6 is 0 Å². The van der Waals surface area contributed by atoms with E-state index in [1.165, 1.54) is 18.4 Å². The van der Waals surface area contributed by atoms with Crippen molar-refractivity contribution in [1.29, 1.82) is 0 Å². The molecule has 0 unspecified atom stereocenters. The van der Waals surface area contributed by atoms with Gasteiger partial charge in [0, 0.05) is 11.7 Å². The van der Waals surface area contributed by atoms with Crippen molar-refractivity contribution < 1.29 is 9.53 Å². The third kappa shape index (κ3) is 4.33. The van der Waals surface area contributed by atoms with Crippen LogP contribution in [-0.4, -0.2) is 30.0 Å². The number of nitrogens with zero attached hydrogens (tertiary/aromatic N) is 1. The van der Waals surface area contributed by atoms with Crippen molar-refractivity contribution in [1.82, 2.24) is 4.90 Å². The summed E-state index contributed by atoms with van der Waals surface area (Å²) in [6.45, 7) is 2.62. The summed E-state index contributed by atoms with van der Waals surface area (Å²) in [5.41, 5.74) is 9.07. The number of benzene rings is 2. The number of ether oxygens (including phenoxy) is 1. The lowest BCUT2D eigenvalue weighted by molar-refractivity contribution is -0.155. The van der Waals surface area contributed by atoms with Crippen molar-refractivity contribution in [2.75, 3.05) is 18.8 Å². The average Bonchev–Trinajstić information content (AvgIpc) is 2.67. The Kier molecular flexibility index (Phi) is 5.44. The Morgan fingerprint density at radius 3 is 2.33 bits per heavy atom. The second-order valence-electron chi connectivity index (χ2n) is 7.89. The molecule has 142 valence electrons. The molecule has 0 aromatic heterocycles. The lowest BCUT2D eigenvalue weighted by Gasteiger charge is -2.44. The van der Waals surface area contributed by atoms with Crippen molar-refractivity contribution >= 4 is 11.7 Å². The Balaban J connectivity index is 1.19. The van der Waals surface area contributed by atoms with E-state index in [0.717, 1.165) is 37.2 Å². The van der Waals surface area contributed by atoms with Crippen molar-refractivity contribution in [3.05, 3.63) is 65.7 Å². The predicted molar refractivity (Wildman–Crippen MR) is 107 cm³/mol. The Labute approximate surface area is 161 Å². The summed E-state index contributed by atoms with van der Waals surface area (Å²) in [4.78, 5) is 14.8. The molecule has 2 N–H and O–H groups in total. The second kappa shape index (κ2) is 8.13. The summed E-state index contributed by atoms with van der Waals surface area (Å²) >= 11 is 0. The Bertz CT molecular complexity index is 746. The molecule has 2 aromatic carbocycles. The normalized spacial score (nSPS) is 23.6. The van der Waals surface area contributed by atoms with Gasteiger partial charge in [-0.2, -0.15) is 0 Å². The van der Waals surface area contributed by atoms with Gasteiger partial charge in [-0.3, -0.25) is 4.79 Å². The van der Waals surface area contributed by atoms with Gasteiger partial charge in [0.25, 0.3) is 0 Å². The fraction of sp³-hybridized carbons (Fsp3) is 0.435. The molecule has 0 radical (unpaired) electrons. The molecular weight excluding hydrogens is 336 g/mol. The van der Waals surface area contributed by atoms with Crippen LogP contribution in [0.2, 0.25) is 0 Å². The van der Waals surface area contributed by atoms with Crippen LogP contribution < -0.4 is 5.73 Å². The van der Waals surface area contributed by atoms with Gasteiger partial charge >= 0.3 is 5.97 Å². The molecule has 1 heterocycles. The summed E-state index contributed by atoms with van der Waals surface area (Å²) in [7, 11) is 0. The minimum Gasteiger partial charge on any atom is -0.461 e. The molecule has 0 bridgehead atoms.